The van der Waals surface area contributed by atoms with Crippen molar-refractivity contribution in [3.05, 3.63) is 70.7 Å². The number of nitrogens with one attached hydrogen (secondary N) is 3. The van der Waals surface area contributed by atoms with Crippen LogP contribution in [-0.2, 0) is 13.0 Å². The molecule has 0 bridgehead atoms. The molecule has 0 aromatic heterocycles. The topological polar surface area (TPSA) is 28.5 Å². The number of benzene rings is 2. The molecular formula is C21H27ClN3S+. The maximum Gasteiger partial charge on any atom is 0.166 e. The lowest BCUT2D eigenvalue weighted by Gasteiger charge is -2.30. The molecule has 0 atom stereocenters. The van der Waals surface area contributed by atoms with E-state index in [1.807, 2.05) is 18.2 Å². The number of hydrogen-bond donors (Lipinski definition) is 3. The molecule has 5 heteroatoms. The van der Waals surface area contributed by atoms with Gasteiger partial charge in [0, 0.05) is 36.0 Å². The van der Waals surface area contributed by atoms with Gasteiger partial charge in [-0.3, -0.25) is 0 Å². The average Bonchev–Trinajstić information content (AvgIpc) is 2.66. The van der Waals surface area contributed by atoms with Gasteiger partial charge in [-0.05, 0) is 36.3 Å². The number of hydrogen-bond acceptors (Lipinski definition) is 1. The summed E-state index contributed by atoms with van der Waals surface area (Å²) in [6.07, 6.45) is 3.30. The third-order valence-electron chi connectivity index (χ3n) is 4.94. The SMILES string of the molecule is S=C(NCCc1ccccc1)NC1CC[NH+](Cc2ccc(Cl)cc2)CC1. The maximum absolute atomic E-state index is 5.96. The number of likely N-dealkylation sites (tertiary alicyclic amines) is 1. The monoisotopic (exact) mass is 388 g/mol. The van der Waals surface area contributed by atoms with Gasteiger partial charge in [0.1, 0.15) is 6.54 Å². The average molecular weight is 389 g/mol. The molecule has 3 rings (SSSR count). The van der Waals surface area contributed by atoms with Crippen LogP contribution in [0.5, 0.6) is 0 Å². The van der Waals surface area contributed by atoms with Crippen molar-refractivity contribution >= 4 is 28.9 Å². The Balaban J connectivity index is 1.33. The molecule has 0 unspecified atom stereocenters. The van der Waals surface area contributed by atoms with Crippen molar-refractivity contribution in [3.8, 4) is 0 Å². The van der Waals surface area contributed by atoms with Crippen LogP contribution in [0.25, 0.3) is 0 Å². The third kappa shape index (κ3) is 6.27. The second kappa shape index (κ2) is 9.91. The van der Waals surface area contributed by atoms with E-state index < -0.39 is 0 Å². The molecule has 3 nitrogen and oxygen atoms in total. The van der Waals surface area contributed by atoms with Gasteiger partial charge in [-0.25, -0.2) is 0 Å². The fraction of sp³-hybridized carbons (Fsp3) is 0.381. The van der Waals surface area contributed by atoms with Gasteiger partial charge in [-0.1, -0.05) is 54.1 Å². The van der Waals surface area contributed by atoms with Gasteiger partial charge in [-0.2, -0.15) is 0 Å². The Morgan fingerprint density at radius 2 is 1.69 bits per heavy atom. The smallest absolute Gasteiger partial charge is 0.166 e. The number of piperidine rings is 1. The summed E-state index contributed by atoms with van der Waals surface area (Å²) >= 11 is 11.4. The highest BCUT2D eigenvalue weighted by Gasteiger charge is 2.22. The van der Waals surface area contributed by atoms with E-state index in [1.165, 1.54) is 24.2 Å². The van der Waals surface area contributed by atoms with Crippen LogP contribution in [0.3, 0.4) is 0 Å². The fourth-order valence-electron chi connectivity index (χ4n) is 3.44. The van der Waals surface area contributed by atoms with E-state index in [1.54, 1.807) is 4.90 Å². The van der Waals surface area contributed by atoms with E-state index in [0.29, 0.717) is 6.04 Å². The summed E-state index contributed by atoms with van der Waals surface area (Å²) in [6.45, 7) is 4.29. The summed E-state index contributed by atoms with van der Waals surface area (Å²) in [4.78, 5) is 1.63. The van der Waals surface area contributed by atoms with Crippen LogP contribution in [0.15, 0.2) is 54.6 Å². The zero-order valence-electron chi connectivity index (χ0n) is 15.0. The van der Waals surface area contributed by atoms with E-state index in [-0.39, 0.29) is 0 Å². The minimum Gasteiger partial charge on any atom is -0.362 e. The quantitative estimate of drug-likeness (QED) is 0.664. The molecule has 26 heavy (non-hydrogen) atoms. The molecule has 0 aliphatic carbocycles. The molecule has 0 saturated carbocycles. The lowest BCUT2D eigenvalue weighted by molar-refractivity contribution is -0.918. The summed E-state index contributed by atoms with van der Waals surface area (Å²) in [6, 6.07) is 19.2. The van der Waals surface area contributed by atoms with Crippen LogP contribution in [0.4, 0.5) is 0 Å². The lowest BCUT2D eigenvalue weighted by Crippen LogP contribution is -3.12. The van der Waals surface area contributed by atoms with E-state index >= 15 is 0 Å². The highest BCUT2D eigenvalue weighted by Crippen LogP contribution is 2.09. The summed E-state index contributed by atoms with van der Waals surface area (Å²) in [7, 11) is 0. The number of quaternary nitrogens is 1. The second-order valence-corrected chi connectivity index (χ2v) is 7.81. The van der Waals surface area contributed by atoms with Crippen molar-refractivity contribution in [2.75, 3.05) is 19.6 Å². The first-order valence-electron chi connectivity index (χ1n) is 9.35. The molecule has 2 aromatic carbocycles. The van der Waals surface area contributed by atoms with Crippen LogP contribution < -0.4 is 15.5 Å². The van der Waals surface area contributed by atoms with Gasteiger partial charge < -0.3 is 15.5 Å². The van der Waals surface area contributed by atoms with Crippen LogP contribution in [0, 0.1) is 0 Å². The van der Waals surface area contributed by atoms with Crippen LogP contribution in [0.1, 0.15) is 24.0 Å². The van der Waals surface area contributed by atoms with Gasteiger partial charge >= 0.3 is 0 Å². The zero-order chi connectivity index (χ0) is 18.2. The minimum absolute atomic E-state index is 0.487. The van der Waals surface area contributed by atoms with Crippen LogP contribution >= 0.6 is 23.8 Å². The second-order valence-electron chi connectivity index (χ2n) is 6.96. The summed E-state index contributed by atoms with van der Waals surface area (Å²) in [5.74, 6) is 0. The highest BCUT2D eigenvalue weighted by molar-refractivity contribution is 7.80. The van der Waals surface area contributed by atoms with E-state index in [9.17, 15) is 0 Å². The van der Waals surface area contributed by atoms with Crippen molar-refractivity contribution < 1.29 is 4.90 Å². The molecule has 138 valence electrons. The van der Waals surface area contributed by atoms with Crippen molar-refractivity contribution in [1.82, 2.24) is 10.6 Å². The number of thiocarbonyl (C=S) groups is 1. The molecule has 0 radical (unpaired) electrons. The standard InChI is InChI=1S/C21H26ClN3S/c22-19-8-6-18(7-9-19)16-25-14-11-20(12-15-25)24-21(26)23-13-10-17-4-2-1-3-5-17/h1-9,20H,10-16H2,(H2,23,24,26)/p+1. The van der Waals surface area contributed by atoms with E-state index in [0.717, 1.165) is 42.5 Å². The minimum atomic E-state index is 0.487. The van der Waals surface area contributed by atoms with Crippen molar-refractivity contribution in [1.29, 1.82) is 0 Å². The maximum atomic E-state index is 5.96. The van der Waals surface area contributed by atoms with Crippen molar-refractivity contribution in [2.45, 2.75) is 31.8 Å². The zero-order valence-corrected chi connectivity index (χ0v) is 16.6. The molecule has 3 N–H and O–H groups in total. The normalized spacial score (nSPS) is 19.7. The van der Waals surface area contributed by atoms with Crippen LogP contribution in [-0.4, -0.2) is 30.8 Å². The van der Waals surface area contributed by atoms with E-state index in [4.69, 9.17) is 23.8 Å². The van der Waals surface area contributed by atoms with E-state index in [2.05, 4.69) is 47.0 Å². The molecule has 1 aliphatic rings. The summed E-state index contributed by atoms with van der Waals surface area (Å²) < 4.78 is 0. The van der Waals surface area contributed by atoms with Gasteiger partial charge in [0.2, 0.25) is 0 Å². The van der Waals surface area contributed by atoms with Crippen molar-refractivity contribution in [3.63, 3.8) is 0 Å². The van der Waals surface area contributed by atoms with Gasteiger partial charge in [0.05, 0.1) is 13.1 Å². The first kappa shape index (κ1) is 19.2. The molecule has 1 heterocycles. The van der Waals surface area contributed by atoms with Gasteiger partial charge in [0.25, 0.3) is 0 Å². The summed E-state index contributed by atoms with van der Waals surface area (Å²) in [5.41, 5.74) is 2.69. The fourth-order valence-corrected chi connectivity index (χ4v) is 3.83. The molecule has 1 aliphatic heterocycles. The largest absolute Gasteiger partial charge is 0.362 e. The molecule has 0 amide bonds. The predicted octanol–water partition coefficient (Wildman–Crippen LogP) is 2.59. The molecule has 2 aromatic rings. The Labute approximate surface area is 166 Å². The highest BCUT2D eigenvalue weighted by atomic mass is 35.5. The van der Waals surface area contributed by atoms with Crippen LogP contribution in [0.2, 0.25) is 5.02 Å². The Bertz CT molecular complexity index is 682. The summed E-state index contributed by atoms with van der Waals surface area (Å²) in [5, 5.41) is 8.41. The van der Waals surface area contributed by atoms with Gasteiger partial charge in [-0.15, -0.1) is 0 Å². The predicted molar refractivity (Wildman–Crippen MR) is 113 cm³/mol. The van der Waals surface area contributed by atoms with Crippen molar-refractivity contribution in [2.24, 2.45) is 0 Å². The molecule has 0 spiro atoms. The molecular weight excluding hydrogens is 362 g/mol. The lowest BCUT2D eigenvalue weighted by atomic mass is 10.0. The Morgan fingerprint density at radius 3 is 2.38 bits per heavy atom. The Morgan fingerprint density at radius 1 is 1.00 bits per heavy atom. The Kier molecular flexibility index (Phi) is 7.30. The first-order chi connectivity index (χ1) is 12.7. The third-order valence-corrected chi connectivity index (χ3v) is 5.45. The number of halogens is 1. The van der Waals surface area contributed by atoms with Gasteiger partial charge in [0.15, 0.2) is 5.11 Å². The Hall–Kier alpha value is -1.62. The first-order valence-corrected chi connectivity index (χ1v) is 10.1. The number of rotatable bonds is 6. The molecule has 1 fully saturated rings. The molecule has 1 saturated heterocycles.